The lowest BCUT2D eigenvalue weighted by Crippen LogP contribution is -2.37. The molecule has 0 aromatic carbocycles. The number of rotatable bonds is 4. The lowest BCUT2D eigenvalue weighted by molar-refractivity contribution is -0.856. The van der Waals surface area contributed by atoms with Gasteiger partial charge in [0.25, 0.3) is 0 Å². The van der Waals surface area contributed by atoms with E-state index in [0.717, 1.165) is 4.73 Å². The fourth-order valence-electron chi connectivity index (χ4n) is 0.758. The van der Waals surface area contributed by atoms with Gasteiger partial charge in [-0.3, -0.25) is 9.13 Å². The summed E-state index contributed by atoms with van der Waals surface area (Å²) in [6.07, 6.45) is 2.98. The maximum absolute atomic E-state index is 11.1. The topological polar surface area (TPSA) is 87.7 Å². The van der Waals surface area contributed by atoms with Crippen molar-refractivity contribution in [3.05, 3.63) is 30.6 Å². The van der Waals surface area contributed by atoms with Crippen molar-refractivity contribution in [1.29, 1.82) is 0 Å². The first-order valence-corrected chi connectivity index (χ1v) is 7.01. The Labute approximate surface area is 81.1 Å². The van der Waals surface area contributed by atoms with Crippen molar-refractivity contribution in [2.75, 3.05) is 5.90 Å². The minimum absolute atomic E-state index is 0.737. The molecular weight excluding hydrogens is 228 g/mol. The maximum Gasteiger partial charge on any atom is 0.336 e. The van der Waals surface area contributed by atoms with Crippen LogP contribution in [0.5, 0.6) is 0 Å². The first-order chi connectivity index (χ1) is 6.47. The summed E-state index contributed by atoms with van der Waals surface area (Å²) >= 11 is 0. The molecule has 0 aliphatic heterocycles. The minimum atomic E-state index is -4.26. The van der Waals surface area contributed by atoms with Crippen molar-refractivity contribution in [3.8, 4) is 0 Å². The Morgan fingerprint density at radius 3 is 2.36 bits per heavy atom. The molecule has 6 nitrogen and oxygen atoms in total. The van der Waals surface area contributed by atoms with E-state index in [4.69, 9.17) is 14.4 Å². The van der Waals surface area contributed by atoms with Crippen molar-refractivity contribution < 1.29 is 28.3 Å². The van der Waals surface area contributed by atoms with Gasteiger partial charge in [0.05, 0.1) is 0 Å². The molecule has 1 unspecified atom stereocenters. The van der Waals surface area contributed by atoms with Gasteiger partial charge in [-0.1, -0.05) is 6.07 Å². The molecule has 0 aliphatic rings. The highest BCUT2D eigenvalue weighted by Crippen LogP contribution is 2.43. The molecule has 1 aromatic heterocycles. The molecule has 0 bridgehead atoms. The van der Waals surface area contributed by atoms with E-state index in [0.29, 0.717) is 0 Å². The van der Waals surface area contributed by atoms with Gasteiger partial charge >= 0.3 is 15.6 Å². The fraction of sp³-hybridized carbons (Fsp3) is 0.167. The number of nitrogens with zero attached hydrogens (tertiary/aromatic N) is 1. The number of hydrogen-bond acceptors (Lipinski definition) is 3. The van der Waals surface area contributed by atoms with Gasteiger partial charge in [-0.05, 0) is 0 Å². The van der Waals surface area contributed by atoms with Crippen LogP contribution in [-0.2, 0) is 9.13 Å². The van der Waals surface area contributed by atoms with E-state index in [9.17, 15) is 9.13 Å². The van der Waals surface area contributed by atoms with Crippen LogP contribution in [0.4, 0.5) is 0 Å². The molecule has 0 saturated carbocycles. The highest BCUT2D eigenvalue weighted by atomic mass is 31.2. The smallest absolute Gasteiger partial charge is 0.324 e. The van der Waals surface area contributed by atoms with Gasteiger partial charge in [-0.2, -0.15) is 0 Å². The molecule has 0 fully saturated rings. The predicted octanol–water partition coefficient (Wildman–Crippen LogP) is 0.0126. The summed E-state index contributed by atoms with van der Waals surface area (Å²) in [6, 6.07) is 5.03. The molecule has 0 radical (unpaired) electrons. The van der Waals surface area contributed by atoms with Crippen molar-refractivity contribution >= 4 is 15.6 Å². The zero-order valence-electron chi connectivity index (χ0n) is 7.11. The summed E-state index contributed by atoms with van der Waals surface area (Å²) in [5.74, 6) is -0.737. The zero-order chi connectivity index (χ0) is 10.6. The largest absolute Gasteiger partial charge is 0.336 e. The van der Waals surface area contributed by atoms with Gasteiger partial charge in [-0.25, -0.2) is 4.62 Å². The van der Waals surface area contributed by atoms with Crippen LogP contribution in [0.1, 0.15) is 0 Å². The summed E-state index contributed by atoms with van der Waals surface area (Å²) in [5, 5.41) is 0. The fourth-order valence-corrected chi connectivity index (χ4v) is 2.69. The van der Waals surface area contributed by atoms with Crippen LogP contribution in [0.2, 0.25) is 0 Å². The van der Waals surface area contributed by atoms with Crippen LogP contribution >= 0.6 is 15.6 Å². The van der Waals surface area contributed by atoms with Gasteiger partial charge in [-0.15, -0.1) is 0 Å². The molecule has 0 amide bonds. The standard InChI is InChI=1S/C6H9NO5P2/c8-13(6-14(9,10)11)12-7-4-2-1-3-5-7/h1-5,13H,6H2,(H-,9,10,11)/p+1. The summed E-state index contributed by atoms with van der Waals surface area (Å²) in [6.45, 7) is 0. The lowest BCUT2D eigenvalue weighted by Gasteiger charge is -2.00. The summed E-state index contributed by atoms with van der Waals surface area (Å²) in [5.41, 5.74) is 0. The lowest BCUT2D eigenvalue weighted by atomic mass is 10.5. The summed E-state index contributed by atoms with van der Waals surface area (Å²) < 4.78 is 27.5. The van der Waals surface area contributed by atoms with Gasteiger partial charge in [0.15, 0.2) is 0 Å². The van der Waals surface area contributed by atoms with Crippen LogP contribution in [0.25, 0.3) is 0 Å². The van der Waals surface area contributed by atoms with Gasteiger partial charge < -0.3 is 9.79 Å². The Kier molecular flexibility index (Phi) is 3.84. The van der Waals surface area contributed by atoms with Crippen molar-refractivity contribution in [2.24, 2.45) is 0 Å². The summed E-state index contributed by atoms with van der Waals surface area (Å²) in [7, 11) is -7.01. The maximum atomic E-state index is 11.1. The molecule has 0 aliphatic carbocycles. The third-order valence-electron chi connectivity index (χ3n) is 1.23. The monoisotopic (exact) mass is 238 g/mol. The minimum Gasteiger partial charge on any atom is -0.324 e. The second kappa shape index (κ2) is 4.71. The van der Waals surface area contributed by atoms with Crippen LogP contribution in [0.15, 0.2) is 30.6 Å². The van der Waals surface area contributed by atoms with E-state index in [1.807, 2.05) is 0 Å². The Balaban J connectivity index is 2.55. The van der Waals surface area contributed by atoms with E-state index in [2.05, 4.69) is 0 Å². The Morgan fingerprint density at radius 2 is 1.86 bits per heavy atom. The average Bonchev–Trinajstić information content (AvgIpc) is 2.02. The van der Waals surface area contributed by atoms with Crippen molar-refractivity contribution in [2.45, 2.75) is 0 Å². The quantitative estimate of drug-likeness (QED) is 0.570. The molecule has 14 heavy (non-hydrogen) atoms. The van der Waals surface area contributed by atoms with Crippen LogP contribution < -0.4 is 9.35 Å². The third-order valence-corrected chi connectivity index (χ3v) is 4.33. The molecule has 1 rings (SSSR count). The molecule has 1 aromatic rings. The molecule has 1 atom stereocenters. The van der Waals surface area contributed by atoms with E-state index in [-0.39, 0.29) is 0 Å². The highest BCUT2D eigenvalue weighted by Gasteiger charge is 2.21. The normalized spacial score (nSPS) is 13.6. The van der Waals surface area contributed by atoms with Crippen LogP contribution in [0.3, 0.4) is 0 Å². The number of aromatic nitrogens is 1. The van der Waals surface area contributed by atoms with E-state index < -0.39 is 21.5 Å². The Hall–Kier alpha value is -0.670. The molecular formula is C6H10NO5P2+. The van der Waals surface area contributed by atoms with Gasteiger partial charge in [0.2, 0.25) is 12.4 Å². The first-order valence-electron chi connectivity index (χ1n) is 3.69. The SMILES string of the molecule is O=[PH](CP(=O)(O)O)O[n+]1ccccc1. The number of hydrogen-bond donors (Lipinski definition) is 2. The summed E-state index contributed by atoms with van der Waals surface area (Å²) in [4.78, 5) is 17.0. The van der Waals surface area contributed by atoms with E-state index in [1.165, 1.54) is 12.4 Å². The van der Waals surface area contributed by atoms with Gasteiger partial charge in [0.1, 0.15) is 5.90 Å². The molecule has 0 saturated heterocycles. The Morgan fingerprint density at radius 1 is 1.29 bits per heavy atom. The average molecular weight is 238 g/mol. The highest BCUT2D eigenvalue weighted by molar-refractivity contribution is 7.64. The van der Waals surface area contributed by atoms with Crippen LogP contribution in [-0.4, -0.2) is 15.7 Å². The zero-order valence-corrected chi connectivity index (χ0v) is 9.00. The number of pyridine rings is 1. The second-order valence-electron chi connectivity index (χ2n) is 2.52. The molecule has 0 spiro atoms. The second-order valence-corrected chi connectivity index (χ2v) is 6.04. The molecule has 78 valence electrons. The first kappa shape index (κ1) is 11.4. The van der Waals surface area contributed by atoms with E-state index in [1.54, 1.807) is 18.2 Å². The van der Waals surface area contributed by atoms with Crippen LogP contribution in [0, 0.1) is 0 Å². The van der Waals surface area contributed by atoms with Crippen molar-refractivity contribution in [3.63, 3.8) is 0 Å². The molecule has 2 N–H and O–H groups in total. The van der Waals surface area contributed by atoms with Gasteiger partial charge in [0, 0.05) is 16.9 Å². The Bertz CT molecular complexity index is 362. The molecule has 8 heteroatoms. The third kappa shape index (κ3) is 4.53. The predicted molar refractivity (Wildman–Crippen MR) is 49.1 cm³/mol. The van der Waals surface area contributed by atoms with E-state index >= 15 is 0 Å². The molecule has 1 heterocycles. The van der Waals surface area contributed by atoms with Crippen molar-refractivity contribution in [1.82, 2.24) is 0 Å².